The van der Waals surface area contributed by atoms with Crippen molar-refractivity contribution in [2.45, 2.75) is 25.9 Å². The molecule has 1 unspecified atom stereocenters. The van der Waals surface area contributed by atoms with Crippen LogP contribution < -0.4 is 0 Å². The maximum atomic E-state index is 11.4. The largest absolute Gasteiger partial charge is 0.459 e. The molecule has 0 radical (unpaired) electrons. The van der Waals surface area contributed by atoms with Crippen LogP contribution in [0.4, 0.5) is 0 Å². The first-order valence-electron chi connectivity index (χ1n) is 5.69. The minimum absolute atomic E-state index is 0.0629. The molecule has 0 bridgehead atoms. The Morgan fingerprint density at radius 3 is 2.69 bits per heavy atom. The quantitative estimate of drug-likeness (QED) is 0.571. The van der Waals surface area contributed by atoms with E-state index < -0.39 is 0 Å². The molecule has 1 aliphatic rings. The van der Waals surface area contributed by atoms with Crippen molar-refractivity contribution in [1.82, 2.24) is 0 Å². The first-order chi connectivity index (χ1) is 7.75. The lowest BCUT2D eigenvalue weighted by Gasteiger charge is -2.09. The van der Waals surface area contributed by atoms with Gasteiger partial charge in [-0.25, -0.2) is 4.79 Å². The third kappa shape index (κ3) is 3.23. The van der Waals surface area contributed by atoms with Crippen LogP contribution in [0.5, 0.6) is 0 Å². The fourth-order valence-corrected chi connectivity index (χ4v) is 1.61. The van der Waals surface area contributed by atoms with E-state index >= 15 is 0 Å². The van der Waals surface area contributed by atoms with Gasteiger partial charge in [-0.15, -0.1) is 0 Å². The zero-order chi connectivity index (χ0) is 11.4. The van der Waals surface area contributed by atoms with Crippen molar-refractivity contribution >= 4 is 12.0 Å². The third-order valence-corrected chi connectivity index (χ3v) is 2.80. The number of rotatable bonds is 4. The minimum atomic E-state index is -0.247. The Kier molecular flexibility index (Phi) is 3.40. The highest BCUT2D eigenvalue weighted by Gasteiger charge is 2.30. The molecule has 2 nitrogen and oxygen atoms in total. The molecule has 0 aliphatic heterocycles. The summed E-state index contributed by atoms with van der Waals surface area (Å²) in [6, 6.07) is 9.74. The summed E-state index contributed by atoms with van der Waals surface area (Å²) in [6.07, 6.45) is 5.72. The Balaban J connectivity index is 1.84. The van der Waals surface area contributed by atoms with Crippen LogP contribution in [0.15, 0.2) is 36.4 Å². The van der Waals surface area contributed by atoms with Crippen LogP contribution in [0.1, 0.15) is 25.3 Å². The number of ether oxygens (including phenoxy) is 1. The van der Waals surface area contributed by atoms with Gasteiger partial charge >= 0.3 is 5.97 Å². The van der Waals surface area contributed by atoms with E-state index in [4.69, 9.17) is 4.74 Å². The molecule has 84 valence electrons. The highest BCUT2D eigenvalue weighted by atomic mass is 16.5. The molecule has 2 heteroatoms. The van der Waals surface area contributed by atoms with Crippen LogP contribution in [-0.4, -0.2) is 12.1 Å². The summed E-state index contributed by atoms with van der Waals surface area (Å²) < 4.78 is 5.27. The zero-order valence-electron chi connectivity index (χ0n) is 9.43. The molecule has 0 heterocycles. The number of carbonyl (C=O) groups is 1. The number of carbonyl (C=O) groups excluding carboxylic acids is 1. The van der Waals surface area contributed by atoms with Crippen molar-refractivity contribution in [3.8, 4) is 0 Å². The van der Waals surface area contributed by atoms with E-state index in [0.29, 0.717) is 5.92 Å². The number of benzene rings is 1. The minimum Gasteiger partial charge on any atom is -0.459 e. The van der Waals surface area contributed by atoms with Crippen LogP contribution in [0.3, 0.4) is 0 Å². The zero-order valence-corrected chi connectivity index (χ0v) is 9.43. The SMILES string of the molecule is CC(OC(=O)/C=C/c1ccccc1)C1CC1. The summed E-state index contributed by atoms with van der Waals surface area (Å²) in [4.78, 5) is 11.4. The Bertz CT molecular complexity index is 377. The predicted octanol–water partition coefficient (Wildman–Crippen LogP) is 3.04. The van der Waals surface area contributed by atoms with Crippen molar-refractivity contribution in [3.05, 3.63) is 42.0 Å². The second-order valence-corrected chi connectivity index (χ2v) is 4.22. The van der Waals surface area contributed by atoms with Crippen LogP contribution in [0.25, 0.3) is 6.08 Å². The van der Waals surface area contributed by atoms with Crippen LogP contribution >= 0.6 is 0 Å². The lowest BCUT2D eigenvalue weighted by Crippen LogP contribution is -2.14. The normalized spacial score (nSPS) is 17.3. The highest BCUT2D eigenvalue weighted by molar-refractivity contribution is 5.87. The predicted molar refractivity (Wildman–Crippen MR) is 63.8 cm³/mol. The molecule has 1 aliphatic carbocycles. The Morgan fingerprint density at radius 1 is 1.38 bits per heavy atom. The highest BCUT2D eigenvalue weighted by Crippen LogP contribution is 2.34. The molecule has 0 N–H and O–H groups in total. The van der Waals surface area contributed by atoms with Gasteiger partial charge in [-0.1, -0.05) is 30.3 Å². The van der Waals surface area contributed by atoms with Gasteiger partial charge in [-0.3, -0.25) is 0 Å². The molecule has 0 spiro atoms. The lowest BCUT2D eigenvalue weighted by molar-refractivity contribution is -0.142. The Hall–Kier alpha value is -1.57. The average Bonchev–Trinajstić information content (AvgIpc) is 3.11. The first-order valence-corrected chi connectivity index (χ1v) is 5.69. The van der Waals surface area contributed by atoms with Gasteiger partial charge < -0.3 is 4.74 Å². The van der Waals surface area contributed by atoms with Crippen LogP contribution in [0.2, 0.25) is 0 Å². The van der Waals surface area contributed by atoms with Crippen LogP contribution in [0, 0.1) is 5.92 Å². The van der Waals surface area contributed by atoms with Crippen molar-refractivity contribution in [2.75, 3.05) is 0 Å². The van der Waals surface area contributed by atoms with Gasteiger partial charge in [-0.05, 0) is 37.3 Å². The Labute approximate surface area is 95.9 Å². The molecule has 16 heavy (non-hydrogen) atoms. The molecule has 1 fully saturated rings. The fourth-order valence-electron chi connectivity index (χ4n) is 1.61. The van der Waals surface area contributed by atoms with Crippen molar-refractivity contribution in [1.29, 1.82) is 0 Å². The van der Waals surface area contributed by atoms with Gasteiger partial charge in [0, 0.05) is 6.08 Å². The molecule has 0 amide bonds. The summed E-state index contributed by atoms with van der Waals surface area (Å²) in [5, 5.41) is 0. The molecule has 0 aromatic heterocycles. The van der Waals surface area contributed by atoms with E-state index in [1.54, 1.807) is 6.08 Å². The van der Waals surface area contributed by atoms with E-state index in [1.165, 1.54) is 18.9 Å². The fraction of sp³-hybridized carbons (Fsp3) is 0.357. The summed E-state index contributed by atoms with van der Waals surface area (Å²) in [5.41, 5.74) is 1.01. The molecular formula is C14H16O2. The molecular weight excluding hydrogens is 200 g/mol. The maximum Gasteiger partial charge on any atom is 0.331 e. The average molecular weight is 216 g/mol. The van der Waals surface area contributed by atoms with Gasteiger partial charge in [-0.2, -0.15) is 0 Å². The van der Waals surface area contributed by atoms with E-state index in [-0.39, 0.29) is 12.1 Å². The van der Waals surface area contributed by atoms with Gasteiger partial charge in [0.1, 0.15) is 6.10 Å². The maximum absolute atomic E-state index is 11.4. The van der Waals surface area contributed by atoms with E-state index in [2.05, 4.69) is 0 Å². The summed E-state index contributed by atoms with van der Waals surface area (Å²) >= 11 is 0. The number of esters is 1. The third-order valence-electron chi connectivity index (χ3n) is 2.80. The van der Waals surface area contributed by atoms with Gasteiger partial charge in [0.05, 0.1) is 0 Å². The monoisotopic (exact) mass is 216 g/mol. The molecule has 1 saturated carbocycles. The molecule has 1 aromatic rings. The standard InChI is InChI=1S/C14H16O2/c1-11(13-8-9-13)16-14(15)10-7-12-5-3-2-4-6-12/h2-7,10-11,13H,8-9H2,1H3/b10-7+. The lowest BCUT2D eigenvalue weighted by atomic mass is 10.2. The molecule has 1 aromatic carbocycles. The molecule has 1 atom stereocenters. The second kappa shape index (κ2) is 4.97. The number of hydrogen-bond acceptors (Lipinski definition) is 2. The van der Waals surface area contributed by atoms with Crippen molar-refractivity contribution < 1.29 is 9.53 Å². The van der Waals surface area contributed by atoms with Gasteiger partial charge in [0.15, 0.2) is 0 Å². The summed E-state index contributed by atoms with van der Waals surface area (Å²) in [7, 11) is 0. The number of hydrogen-bond donors (Lipinski definition) is 0. The van der Waals surface area contributed by atoms with Crippen LogP contribution in [-0.2, 0) is 9.53 Å². The summed E-state index contributed by atoms with van der Waals surface area (Å²) in [6.45, 7) is 1.96. The molecule has 0 saturated heterocycles. The van der Waals surface area contributed by atoms with Crippen molar-refractivity contribution in [3.63, 3.8) is 0 Å². The first kappa shape index (κ1) is 10.9. The van der Waals surface area contributed by atoms with Crippen molar-refractivity contribution in [2.24, 2.45) is 5.92 Å². The summed E-state index contributed by atoms with van der Waals surface area (Å²) in [5.74, 6) is 0.345. The van der Waals surface area contributed by atoms with E-state index in [0.717, 1.165) is 5.56 Å². The van der Waals surface area contributed by atoms with Gasteiger partial charge in [0.25, 0.3) is 0 Å². The molecule has 2 rings (SSSR count). The van der Waals surface area contributed by atoms with E-state index in [1.807, 2.05) is 37.3 Å². The smallest absolute Gasteiger partial charge is 0.331 e. The topological polar surface area (TPSA) is 26.3 Å². The Morgan fingerprint density at radius 2 is 2.06 bits per heavy atom. The van der Waals surface area contributed by atoms with Gasteiger partial charge in [0.2, 0.25) is 0 Å². The second-order valence-electron chi connectivity index (χ2n) is 4.22. The van der Waals surface area contributed by atoms with E-state index in [9.17, 15) is 4.79 Å².